The summed E-state index contributed by atoms with van der Waals surface area (Å²) in [5.74, 6) is 1.39. The number of hydrogen-bond donors (Lipinski definition) is 0. The molecule has 5 rings (SSSR count). The molecule has 1 atom stereocenters. The van der Waals surface area contributed by atoms with E-state index in [2.05, 4.69) is 27.2 Å². The van der Waals surface area contributed by atoms with Crippen molar-refractivity contribution in [2.24, 2.45) is 5.16 Å². The van der Waals surface area contributed by atoms with Crippen LogP contribution in [-0.4, -0.2) is 40.5 Å². The van der Waals surface area contributed by atoms with Crippen LogP contribution in [0, 0.1) is 19.7 Å². The summed E-state index contributed by atoms with van der Waals surface area (Å²) in [4.78, 5) is 12.1. The number of aromatic nitrogens is 2. The maximum Gasteiger partial charge on any atom is 0.171 e. The highest BCUT2D eigenvalue weighted by molar-refractivity contribution is 6.02. The second kappa shape index (κ2) is 9.33. The molecule has 1 fully saturated rings. The van der Waals surface area contributed by atoms with E-state index in [-0.39, 0.29) is 11.9 Å². The number of aryl methyl sites for hydroxylation is 2. The van der Waals surface area contributed by atoms with Crippen molar-refractivity contribution < 1.29 is 14.0 Å². The van der Waals surface area contributed by atoms with Gasteiger partial charge in [-0.25, -0.2) is 9.37 Å². The number of halogens is 1. The van der Waals surface area contributed by atoms with Crippen LogP contribution in [0.1, 0.15) is 47.7 Å². The zero-order chi connectivity index (χ0) is 23.7. The van der Waals surface area contributed by atoms with E-state index in [4.69, 9.17) is 9.57 Å². The molecule has 0 amide bonds. The predicted molar refractivity (Wildman–Crippen MR) is 131 cm³/mol. The van der Waals surface area contributed by atoms with Crippen LogP contribution in [-0.2, 0) is 4.84 Å². The number of oxime groups is 1. The Bertz CT molecular complexity index is 1260. The van der Waals surface area contributed by atoms with Gasteiger partial charge in [0, 0.05) is 24.7 Å². The van der Waals surface area contributed by atoms with Gasteiger partial charge >= 0.3 is 0 Å². The highest BCUT2D eigenvalue weighted by Gasteiger charge is 2.32. The Hall–Kier alpha value is -3.61. The van der Waals surface area contributed by atoms with Gasteiger partial charge < -0.3 is 19.0 Å². The molecule has 34 heavy (non-hydrogen) atoms. The number of hydrogen-bond acceptors (Lipinski definition) is 5. The molecule has 0 saturated carbocycles. The molecule has 0 spiro atoms. The third-order valence-corrected chi connectivity index (χ3v) is 6.46. The highest BCUT2D eigenvalue weighted by atomic mass is 19.1. The Morgan fingerprint density at radius 3 is 2.82 bits per heavy atom. The van der Waals surface area contributed by atoms with Crippen LogP contribution in [0.3, 0.4) is 0 Å². The minimum absolute atomic E-state index is 0.105. The van der Waals surface area contributed by atoms with Gasteiger partial charge in [0.25, 0.3) is 0 Å². The van der Waals surface area contributed by atoms with Crippen molar-refractivity contribution in [1.82, 2.24) is 14.5 Å². The molecule has 2 aliphatic heterocycles. The van der Waals surface area contributed by atoms with E-state index in [0.717, 1.165) is 59.1 Å². The van der Waals surface area contributed by atoms with Crippen LogP contribution in [0.25, 0.3) is 11.8 Å². The second-order valence-electron chi connectivity index (χ2n) is 8.90. The molecule has 7 heteroatoms. The van der Waals surface area contributed by atoms with Gasteiger partial charge in [-0.15, -0.1) is 0 Å². The first-order valence-corrected chi connectivity index (χ1v) is 11.7. The summed E-state index contributed by atoms with van der Waals surface area (Å²) in [6.07, 6.45) is 8.43. The van der Waals surface area contributed by atoms with E-state index in [1.807, 2.05) is 48.9 Å². The van der Waals surface area contributed by atoms with E-state index in [1.54, 1.807) is 19.5 Å². The Morgan fingerprint density at radius 1 is 1.18 bits per heavy atom. The van der Waals surface area contributed by atoms with Crippen molar-refractivity contribution in [1.29, 1.82) is 0 Å². The maximum atomic E-state index is 14.9. The van der Waals surface area contributed by atoms with Gasteiger partial charge in [0.15, 0.2) is 5.84 Å². The molecule has 3 aromatic rings. The third-order valence-electron chi connectivity index (χ3n) is 6.46. The Balaban J connectivity index is 1.48. The Morgan fingerprint density at radius 2 is 2.06 bits per heavy atom. The number of imidazole rings is 1. The molecule has 6 nitrogen and oxygen atoms in total. The van der Waals surface area contributed by atoms with Gasteiger partial charge in [-0.05, 0) is 67.7 Å². The topological polar surface area (TPSA) is 51.9 Å². The number of ether oxygens (including phenoxy) is 1. The van der Waals surface area contributed by atoms with Crippen LogP contribution in [0.5, 0.6) is 5.75 Å². The van der Waals surface area contributed by atoms with Gasteiger partial charge in [0.2, 0.25) is 0 Å². The zero-order valence-electron chi connectivity index (χ0n) is 19.8. The minimum atomic E-state index is -0.169. The smallest absolute Gasteiger partial charge is 0.171 e. The van der Waals surface area contributed by atoms with E-state index < -0.39 is 0 Å². The van der Waals surface area contributed by atoms with E-state index >= 15 is 0 Å². The lowest BCUT2D eigenvalue weighted by atomic mass is 9.94. The fourth-order valence-electron chi connectivity index (χ4n) is 4.80. The van der Waals surface area contributed by atoms with Crippen LogP contribution in [0.4, 0.5) is 4.39 Å². The average Bonchev–Trinajstić information content (AvgIpc) is 3.14. The van der Waals surface area contributed by atoms with E-state index in [1.165, 1.54) is 0 Å². The molecule has 0 aliphatic carbocycles. The van der Waals surface area contributed by atoms with Crippen LogP contribution >= 0.6 is 0 Å². The molecular formula is C27H29FN4O2. The molecule has 176 valence electrons. The summed E-state index contributed by atoms with van der Waals surface area (Å²) >= 11 is 0. The molecule has 2 aromatic carbocycles. The van der Waals surface area contributed by atoms with Gasteiger partial charge in [-0.2, -0.15) is 0 Å². The lowest BCUT2D eigenvalue weighted by molar-refractivity contribution is 0.140. The fraction of sp³-hybridized carbons (Fsp3) is 0.333. The normalized spacial score (nSPS) is 19.3. The predicted octanol–water partition coefficient (Wildman–Crippen LogP) is 5.59. The summed E-state index contributed by atoms with van der Waals surface area (Å²) in [5, 5.41) is 4.46. The van der Waals surface area contributed by atoms with Crippen molar-refractivity contribution in [3.63, 3.8) is 0 Å². The van der Waals surface area contributed by atoms with Crippen molar-refractivity contribution >= 4 is 11.9 Å². The number of amidine groups is 1. The third kappa shape index (κ3) is 4.30. The number of fused-ring (bicyclic) bond motifs is 1. The van der Waals surface area contributed by atoms with Crippen LogP contribution in [0.15, 0.2) is 59.7 Å². The molecule has 0 radical (unpaired) electrons. The van der Waals surface area contributed by atoms with Crippen molar-refractivity contribution in [2.45, 2.75) is 39.2 Å². The van der Waals surface area contributed by atoms with Gasteiger partial charge in [-0.1, -0.05) is 23.4 Å². The van der Waals surface area contributed by atoms with Gasteiger partial charge in [0.05, 0.1) is 30.9 Å². The summed E-state index contributed by atoms with van der Waals surface area (Å²) in [7, 11) is 1.67. The summed E-state index contributed by atoms with van der Waals surface area (Å²) in [5.41, 5.74) is 5.59. The zero-order valence-corrected chi connectivity index (χ0v) is 19.8. The molecule has 3 heterocycles. The lowest BCUT2D eigenvalue weighted by Gasteiger charge is -2.36. The number of nitrogens with zero attached hydrogens (tertiary/aromatic N) is 4. The summed E-state index contributed by atoms with van der Waals surface area (Å²) in [6, 6.07) is 11.5. The maximum absolute atomic E-state index is 14.9. The van der Waals surface area contributed by atoms with Crippen LogP contribution < -0.4 is 4.74 Å². The molecular weight excluding hydrogens is 431 g/mol. The van der Waals surface area contributed by atoms with Crippen molar-refractivity contribution in [3.05, 3.63) is 82.7 Å². The number of benzene rings is 2. The SMILES string of the molecule is COc1cc(/C=C2\CCCN3C2=NOCC[C@@H]3c2ccc(C)cc2F)ccc1-n1cnc(C)c1. The highest BCUT2D eigenvalue weighted by Crippen LogP contribution is 2.35. The minimum Gasteiger partial charge on any atom is -0.495 e. The monoisotopic (exact) mass is 460 g/mol. The number of methoxy groups -OCH3 is 1. The molecule has 0 unspecified atom stereocenters. The molecule has 0 N–H and O–H groups in total. The Labute approximate surface area is 199 Å². The van der Waals surface area contributed by atoms with E-state index in [9.17, 15) is 4.39 Å². The molecule has 2 aliphatic rings. The summed E-state index contributed by atoms with van der Waals surface area (Å²) < 4.78 is 22.5. The standard InChI is InChI=1S/C27H29FN4O2/c1-18-6-8-22(23(28)13-18)24-10-12-34-30-27-21(5-4-11-32(24)27)14-20-7-9-25(26(15-20)33-3)31-16-19(2)29-17-31/h6-9,13-17,24H,4-5,10-12H2,1-3H3/b21-14+/t24-/m1/s1. The first-order valence-electron chi connectivity index (χ1n) is 11.7. The first kappa shape index (κ1) is 22.2. The fourth-order valence-corrected chi connectivity index (χ4v) is 4.80. The van der Waals surface area contributed by atoms with Gasteiger partial charge in [-0.3, -0.25) is 0 Å². The molecule has 1 saturated heterocycles. The molecule has 1 aromatic heterocycles. The largest absolute Gasteiger partial charge is 0.495 e. The van der Waals surface area contributed by atoms with Crippen LogP contribution in [0.2, 0.25) is 0 Å². The van der Waals surface area contributed by atoms with Crippen molar-refractivity contribution in [2.75, 3.05) is 20.3 Å². The van der Waals surface area contributed by atoms with E-state index in [0.29, 0.717) is 18.6 Å². The quantitative estimate of drug-likeness (QED) is 0.509. The average molecular weight is 461 g/mol. The van der Waals surface area contributed by atoms with Crippen molar-refractivity contribution in [3.8, 4) is 11.4 Å². The Kier molecular flexibility index (Phi) is 6.09. The van der Waals surface area contributed by atoms with Gasteiger partial charge in [0.1, 0.15) is 18.2 Å². The molecule has 0 bridgehead atoms. The number of rotatable bonds is 4. The summed E-state index contributed by atoms with van der Waals surface area (Å²) in [6.45, 7) is 5.14. The lowest BCUT2D eigenvalue weighted by Crippen LogP contribution is -2.39. The second-order valence-corrected chi connectivity index (χ2v) is 8.90. The number of piperidine rings is 1. The first-order chi connectivity index (χ1) is 16.5.